The van der Waals surface area contributed by atoms with E-state index in [0.717, 1.165) is 15.7 Å². The maximum Gasteiger partial charge on any atom is 0.243 e. The summed E-state index contributed by atoms with van der Waals surface area (Å²) in [6.07, 6.45) is 1.35. The number of sulfonamides is 1. The van der Waals surface area contributed by atoms with Gasteiger partial charge in [0.05, 0.1) is 10.8 Å². The minimum atomic E-state index is -3.59. The Kier molecular flexibility index (Phi) is 5.79. The summed E-state index contributed by atoms with van der Waals surface area (Å²) in [7, 11) is -3.59. The maximum absolute atomic E-state index is 12.9. The van der Waals surface area contributed by atoms with Crippen LogP contribution in [0.2, 0.25) is 0 Å². The summed E-state index contributed by atoms with van der Waals surface area (Å²) in [4.78, 5) is 12.9. The van der Waals surface area contributed by atoms with Crippen molar-refractivity contribution in [3.05, 3.63) is 58.6 Å². The Labute approximate surface area is 162 Å². The van der Waals surface area contributed by atoms with Crippen LogP contribution in [-0.2, 0) is 14.8 Å². The molecule has 0 aliphatic carbocycles. The lowest BCUT2D eigenvalue weighted by molar-refractivity contribution is -0.120. The molecule has 0 spiro atoms. The molecule has 2 aromatic rings. The molecule has 0 unspecified atom stereocenters. The maximum atomic E-state index is 12.9. The highest BCUT2D eigenvalue weighted by atomic mass is 79.9. The number of nitrogens with zero attached hydrogens (tertiary/aromatic N) is 1. The second kappa shape index (κ2) is 7.90. The van der Waals surface area contributed by atoms with E-state index in [-0.39, 0.29) is 23.3 Å². The van der Waals surface area contributed by atoms with Crippen molar-refractivity contribution >= 4 is 37.5 Å². The molecule has 26 heavy (non-hydrogen) atoms. The molecule has 1 heterocycles. The molecule has 1 atom stereocenters. The SMILES string of the molecule is Cc1ccccc1NC(=O)[C@@H]1CCCN(S(=O)(=O)c2ccc(Br)cc2)C1. The first-order valence-corrected chi connectivity index (χ1v) is 10.7. The van der Waals surface area contributed by atoms with Crippen molar-refractivity contribution in [2.45, 2.75) is 24.7 Å². The number of para-hydroxylation sites is 1. The number of hydrogen-bond donors (Lipinski definition) is 1. The van der Waals surface area contributed by atoms with E-state index in [0.29, 0.717) is 19.4 Å². The standard InChI is InChI=1S/C19H21BrN2O3S/c1-14-5-2-3-7-18(14)21-19(23)15-6-4-12-22(13-15)26(24,25)17-10-8-16(20)9-11-17/h2-3,5,7-11,15H,4,6,12-13H2,1H3,(H,21,23)/t15-/m1/s1. The topological polar surface area (TPSA) is 66.5 Å². The number of amides is 1. The number of rotatable bonds is 4. The Balaban J connectivity index is 1.73. The molecule has 0 radical (unpaired) electrons. The van der Waals surface area contributed by atoms with Crippen LogP contribution in [0.15, 0.2) is 57.9 Å². The third-order valence-corrected chi connectivity index (χ3v) is 7.02. The summed E-state index contributed by atoms with van der Waals surface area (Å²) in [5, 5.41) is 2.93. The van der Waals surface area contributed by atoms with E-state index in [4.69, 9.17) is 0 Å². The third-order valence-electron chi connectivity index (χ3n) is 4.61. The smallest absolute Gasteiger partial charge is 0.243 e. The van der Waals surface area contributed by atoms with Crippen LogP contribution in [0.5, 0.6) is 0 Å². The summed E-state index contributed by atoms with van der Waals surface area (Å²) in [5.41, 5.74) is 1.75. The number of piperidine rings is 1. The van der Waals surface area contributed by atoms with E-state index in [1.54, 1.807) is 24.3 Å². The lowest BCUT2D eigenvalue weighted by Crippen LogP contribution is -2.43. The van der Waals surface area contributed by atoms with Crippen molar-refractivity contribution in [1.82, 2.24) is 4.31 Å². The molecular formula is C19H21BrN2O3S. The first-order valence-electron chi connectivity index (χ1n) is 8.50. The van der Waals surface area contributed by atoms with Crippen molar-refractivity contribution in [3.8, 4) is 0 Å². The van der Waals surface area contributed by atoms with Gasteiger partial charge in [-0.05, 0) is 55.7 Å². The van der Waals surface area contributed by atoms with Gasteiger partial charge in [0.15, 0.2) is 0 Å². The van der Waals surface area contributed by atoms with Crippen LogP contribution >= 0.6 is 15.9 Å². The van der Waals surface area contributed by atoms with Crippen LogP contribution in [0, 0.1) is 12.8 Å². The zero-order chi connectivity index (χ0) is 18.7. The van der Waals surface area contributed by atoms with Crippen molar-refractivity contribution in [2.24, 2.45) is 5.92 Å². The average Bonchev–Trinajstić information content (AvgIpc) is 2.64. The number of hydrogen-bond acceptors (Lipinski definition) is 3. The van der Waals surface area contributed by atoms with Crippen LogP contribution in [0.4, 0.5) is 5.69 Å². The predicted molar refractivity (Wildman–Crippen MR) is 105 cm³/mol. The van der Waals surface area contributed by atoms with E-state index < -0.39 is 10.0 Å². The highest BCUT2D eigenvalue weighted by molar-refractivity contribution is 9.10. The number of nitrogens with one attached hydrogen (secondary N) is 1. The molecule has 0 saturated carbocycles. The van der Waals surface area contributed by atoms with Crippen molar-refractivity contribution in [1.29, 1.82) is 0 Å². The van der Waals surface area contributed by atoms with E-state index >= 15 is 0 Å². The molecule has 3 rings (SSSR count). The second-order valence-corrected chi connectivity index (χ2v) is 9.31. The molecule has 1 aliphatic rings. The predicted octanol–water partition coefficient (Wildman–Crippen LogP) is 3.80. The Morgan fingerprint density at radius 2 is 1.85 bits per heavy atom. The van der Waals surface area contributed by atoms with Gasteiger partial charge in [-0.15, -0.1) is 0 Å². The normalized spacial score (nSPS) is 18.5. The van der Waals surface area contributed by atoms with Crippen LogP contribution in [0.1, 0.15) is 18.4 Å². The number of carbonyl (C=O) groups is 1. The van der Waals surface area contributed by atoms with Gasteiger partial charge in [0, 0.05) is 23.2 Å². The highest BCUT2D eigenvalue weighted by Crippen LogP contribution is 2.26. The van der Waals surface area contributed by atoms with Crippen LogP contribution < -0.4 is 5.32 Å². The molecule has 1 amide bonds. The van der Waals surface area contributed by atoms with Gasteiger partial charge in [0.25, 0.3) is 0 Å². The number of benzene rings is 2. The largest absolute Gasteiger partial charge is 0.326 e. The Bertz CT molecular complexity index is 897. The van der Waals surface area contributed by atoms with Gasteiger partial charge >= 0.3 is 0 Å². The highest BCUT2D eigenvalue weighted by Gasteiger charge is 2.33. The third kappa shape index (κ3) is 4.16. The molecule has 1 aliphatic heterocycles. The van der Waals surface area contributed by atoms with E-state index in [1.807, 2.05) is 31.2 Å². The molecule has 0 aromatic heterocycles. The molecule has 7 heteroatoms. The van der Waals surface area contributed by atoms with Gasteiger partial charge in [-0.3, -0.25) is 4.79 Å². The lowest BCUT2D eigenvalue weighted by Gasteiger charge is -2.31. The quantitative estimate of drug-likeness (QED) is 0.792. The zero-order valence-electron chi connectivity index (χ0n) is 14.5. The molecule has 0 bridgehead atoms. The molecule has 1 saturated heterocycles. The average molecular weight is 437 g/mol. The summed E-state index contributed by atoms with van der Waals surface area (Å²) in [6, 6.07) is 14.1. The van der Waals surface area contributed by atoms with E-state index in [9.17, 15) is 13.2 Å². The number of aryl methyl sites for hydroxylation is 1. The fourth-order valence-electron chi connectivity index (χ4n) is 3.08. The first-order chi connectivity index (χ1) is 12.4. The molecule has 5 nitrogen and oxygen atoms in total. The summed E-state index contributed by atoms with van der Waals surface area (Å²) in [6.45, 7) is 2.57. The van der Waals surface area contributed by atoms with Crippen molar-refractivity contribution in [2.75, 3.05) is 18.4 Å². The molecule has 138 valence electrons. The Morgan fingerprint density at radius 1 is 1.15 bits per heavy atom. The molecule has 2 aromatic carbocycles. The monoisotopic (exact) mass is 436 g/mol. The Hall–Kier alpha value is -1.70. The summed E-state index contributed by atoms with van der Waals surface area (Å²) in [5.74, 6) is -0.483. The number of carbonyl (C=O) groups excluding carboxylic acids is 1. The minimum Gasteiger partial charge on any atom is -0.326 e. The van der Waals surface area contributed by atoms with E-state index in [1.165, 1.54) is 4.31 Å². The van der Waals surface area contributed by atoms with Gasteiger partial charge in [-0.25, -0.2) is 8.42 Å². The second-order valence-electron chi connectivity index (χ2n) is 6.46. The van der Waals surface area contributed by atoms with Crippen LogP contribution in [0.3, 0.4) is 0 Å². The van der Waals surface area contributed by atoms with Crippen molar-refractivity contribution in [3.63, 3.8) is 0 Å². The van der Waals surface area contributed by atoms with E-state index in [2.05, 4.69) is 21.2 Å². The van der Waals surface area contributed by atoms with Gasteiger partial charge in [-0.2, -0.15) is 4.31 Å². The number of halogens is 1. The summed E-state index contributed by atoms with van der Waals surface area (Å²) < 4.78 is 28.0. The van der Waals surface area contributed by atoms with Gasteiger partial charge in [0.1, 0.15) is 0 Å². The van der Waals surface area contributed by atoms with Gasteiger partial charge in [0.2, 0.25) is 15.9 Å². The van der Waals surface area contributed by atoms with Gasteiger partial charge < -0.3 is 5.32 Å². The zero-order valence-corrected chi connectivity index (χ0v) is 16.9. The molecular weight excluding hydrogens is 416 g/mol. The minimum absolute atomic E-state index is 0.130. The summed E-state index contributed by atoms with van der Waals surface area (Å²) >= 11 is 3.31. The fraction of sp³-hybridized carbons (Fsp3) is 0.316. The fourth-order valence-corrected chi connectivity index (χ4v) is 4.87. The Morgan fingerprint density at radius 3 is 2.54 bits per heavy atom. The van der Waals surface area contributed by atoms with Crippen LogP contribution in [0.25, 0.3) is 0 Å². The van der Waals surface area contributed by atoms with Gasteiger partial charge in [-0.1, -0.05) is 34.1 Å². The number of anilines is 1. The van der Waals surface area contributed by atoms with Crippen molar-refractivity contribution < 1.29 is 13.2 Å². The lowest BCUT2D eigenvalue weighted by atomic mass is 9.98. The molecule has 1 N–H and O–H groups in total. The molecule has 1 fully saturated rings. The first kappa shape index (κ1) is 19.1. The van der Waals surface area contributed by atoms with Crippen LogP contribution in [-0.4, -0.2) is 31.7 Å².